The molecule has 0 aliphatic heterocycles. The highest BCUT2D eigenvalue weighted by Gasteiger charge is 2.36. The molecule has 0 heterocycles. The summed E-state index contributed by atoms with van der Waals surface area (Å²) in [6, 6.07) is 3.89. The predicted molar refractivity (Wildman–Crippen MR) is 75.4 cm³/mol. The molecular weight excluding hydrogens is 281 g/mol. The van der Waals surface area contributed by atoms with Gasteiger partial charge in [0.2, 0.25) is 0 Å². The first kappa shape index (κ1) is 15.4. The number of alkyl halides is 3. The van der Waals surface area contributed by atoms with Crippen molar-refractivity contribution in [1.82, 2.24) is 0 Å². The molecule has 6 heteroatoms. The SMILES string of the molecule is COc1ccc(C(/C=C\N)=C/C2CC2N)c(C(F)(F)F)c1. The van der Waals surface area contributed by atoms with E-state index in [1.165, 1.54) is 31.5 Å². The average Bonchev–Trinajstić information content (AvgIpc) is 3.12. The number of benzene rings is 1. The quantitative estimate of drug-likeness (QED) is 0.840. The molecule has 1 fully saturated rings. The number of methoxy groups -OCH3 is 1. The van der Waals surface area contributed by atoms with Gasteiger partial charge >= 0.3 is 6.18 Å². The van der Waals surface area contributed by atoms with Crippen LogP contribution >= 0.6 is 0 Å². The third kappa shape index (κ3) is 3.58. The fourth-order valence-electron chi connectivity index (χ4n) is 2.13. The molecule has 0 bridgehead atoms. The van der Waals surface area contributed by atoms with Crippen LogP contribution in [0.2, 0.25) is 0 Å². The van der Waals surface area contributed by atoms with Gasteiger partial charge in [-0.05, 0) is 47.9 Å². The lowest BCUT2D eigenvalue weighted by Gasteiger charge is -2.15. The van der Waals surface area contributed by atoms with E-state index in [9.17, 15) is 13.2 Å². The van der Waals surface area contributed by atoms with Gasteiger partial charge in [0, 0.05) is 6.04 Å². The molecular formula is C15H17F3N2O. The summed E-state index contributed by atoms with van der Waals surface area (Å²) >= 11 is 0. The van der Waals surface area contributed by atoms with E-state index in [1.807, 2.05) is 0 Å². The summed E-state index contributed by atoms with van der Waals surface area (Å²) in [6.07, 6.45) is 0.730. The third-order valence-corrected chi connectivity index (χ3v) is 3.40. The van der Waals surface area contributed by atoms with E-state index in [2.05, 4.69) is 0 Å². The molecule has 21 heavy (non-hydrogen) atoms. The molecule has 0 aromatic heterocycles. The Hall–Kier alpha value is -1.95. The summed E-state index contributed by atoms with van der Waals surface area (Å²) in [6.45, 7) is 0. The lowest BCUT2D eigenvalue weighted by atomic mass is 9.97. The summed E-state index contributed by atoms with van der Waals surface area (Å²) in [4.78, 5) is 0. The number of ether oxygens (including phenoxy) is 1. The van der Waals surface area contributed by atoms with Gasteiger partial charge in [-0.25, -0.2) is 0 Å². The number of allylic oxidation sites excluding steroid dienone is 2. The van der Waals surface area contributed by atoms with Gasteiger partial charge < -0.3 is 16.2 Å². The van der Waals surface area contributed by atoms with Crippen molar-refractivity contribution in [2.45, 2.75) is 18.6 Å². The standard InChI is InChI=1S/C15H17F3N2O/c1-21-11-2-3-12(13(8-11)15(16,17)18)9(4-5-19)6-10-7-14(10)20/h2-6,8,10,14H,7,19-20H2,1H3/b5-4-,9-6+. The van der Waals surface area contributed by atoms with Crippen molar-refractivity contribution in [3.8, 4) is 5.75 Å². The average molecular weight is 298 g/mol. The topological polar surface area (TPSA) is 61.3 Å². The zero-order valence-corrected chi connectivity index (χ0v) is 11.5. The van der Waals surface area contributed by atoms with E-state index in [1.54, 1.807) is 6.08 Å². The van der Waals surface area contributed by atoms with Crippen LogP contribution in [-0.4, -0.2) is 13.2 Å². The van der Waals surface area contributed by atoms with Crippen LogP contribution in [-0.2, 0) is 6.18 Å². The molecule has 0 spiro atoms. The molecule has 0 saturated heterocycles. The summed E-state index contributed by atoms with van der Waals surface area (Å²) in [5.74, 6) is 0.254. The normalized spacial score (nSPS) is 22.6. The van der Waals surface area contributed by atoms with E-state index < -0.39 is 11.7 Å². The van der Waals surface area contributed by atoms with Crippen LogP contribution in [0, 0.1) is 5.92 Å². The van der Waals surface area contributed by atoms with Crippen molar-refractivity contribution in [3.63, 3.8) is 0 Å². The molecule has 114 valence electrons. The fraction of sp³-hybridized carbons (Fsp3) is 0.333. The Morgan fingerprint density at radius 3 is 2.52 bits per heavy atom. The Balaban J connectivity index is 2.51. The summed E-state index contributed by atoms with van der Waals surface area (Å²) in [5, 5.41) is 0. The van der Waals surface area contributed by atoms with Gasteiger partial charge in [-0.15, -0.1) is 0 Å². The Bertz CT molecular complexity index is 579. The highest BCUT2D eigenvalue weighted by atomic mass is 19.4. The molecule has 0 amide bonds. The second-order valence-corrected chi connectivity index (χ2v) is 4.95. The maximum Gasteiger partial charge on any atom is 0.417 e. The highest BCUT2D eigenvalue weighted by molar-refractivity contribution is 5.77. The van der Waals surface area contributed by atoms with E-state index >= 15 is 0 Å². The van der Waals surface area contributed by atoms with Crippen LogP contribution in [0.15, 0.2) is 36.6 Å². The number of nitrogens with two attached hydrogens (primary N) is 2. The van der Waals surface area contributed by atoms with Gasteiger partial charge in [0.05, 0.1) is 12.7 Å². The highest BCUT2D eigenvalue weighted by Crippen LogP contribution is 2.39. The van der Waals surface area contributed by atoms with Gasteiger partial charge in [0.1, 0.15) is 5.75 Å². The van der Waals surface area contributed by atoms with Gasteiger partial charge in [-0.3, -0.25) is 0 Å². The first-order chi connectivity index (χ1) is 9.86. The number of hydrogen-bond donors (Lipinski definition) is 2. The van der Waals surface area contributed by atoms with Gasteiger partial charge in [-0.2, -0.15) is 13.2 Å². The minimum absolute atomic E-state index is 0.0127. The lowest BCUT2D eigenvalue weighted by molar-refractivity contribution is -0.137. The predicted octanol–water partition coefficient (Wildman–Crippen LogP) is 2.92. The minimum atomic E-state index is -4.48. The van der Waals surface area contributed by atoms with Crippen molar-refractivity contribution >= 4 is 5.57 Å². The lowest BCUT2D eigenvalue weighted by Crippen LogP contribution is -2.09. The number of hydrogen-bond acceptors (Lipinski definition) is 3. The van der Waals surface area contributed by atoms with Crippen LogP contribution in [0.5, 0.6) is 5.75 Å². The summed E-state index contributed by atoms with van der Waals surface area (Å²) in [5.41, 5.74) is 10.8. The van der Waals surface area contributed by atoms with Crippen molar-refractivity contribution in [2.75, 3.05) is 7.11 Å². The van der Waals surface area contributed by atoms with E-state index in [0.717, 1.165) is 12.5 Å². The summed E-state index contributed by atoms with van der Waals surface area (Å²) in [7, 11) is 1.33. The van der Waals surface area contributed by atoms with Crippen molar-refractivity contribution < 1.29 is 17.9 Å². The van der Waals surface area contributed by atoms with E-state index in [0.29, 0.717) is 5.57 Å². The Morgan fingerprint density at radius 1 is 1.38 bits per heavy atom. The Kier molecular flexibility index (Phi) is 4.27. The van der Waals surface area contributed by atoms with Crippen LogP contribution < -0.4 is 16.2 Å². The Labute approximate surface area is 121 Å². The van der Waals surface area contributed by atoms with Crippen LogP contribution in [0.3, 0.4) is 0 Å². The molecule has 4 N–H and O–H groups in total. The molecule has 1 aliphatic rings. The zero-order valence-electron chi connectivity index (χ0n) is 11.5. The number of rotatable bonds is 4. The molecule has 1 aromatic rings. The first-order valence-electron chi connectivity index (χ1n) is 6.48. The van der Waals surface area contributed by atoms with Crippen molar-refractivity contribution in [1.29, 1.82) is 0 Å². The third-order valence-electron chi connectivity index (χ3n) is 3.40. The van der Waals surface area contributed by atoms with E-state index in [-0.39, 0.29) is 23.3 Å². The molecule has 2 rings (SSSR count). The first-order valence-corrected chi connectivity index (χ1v) is 6.48. The van der Waals surface area contributed by atoms with Crippen LogP contribution in [0.1, 0.15) is 17.5 Å². The Morgan fingerprint density at radius 2 is 2.05 bits per heavy atom. The number of halogens is 3. The maximum atomic E-state index is 13.2. The second kappa shape index (κ2) is 5.81. The van der Waals surface area contributed by atoms with Crippen LogP contribution in [0.4, 0.5) is 13.2 Å². The van der Waals surface area contributed by atoms with Gasteiger partial charge in [0.25, 0.3) is 0 Å². The molecule has 2 unspecified atom stereocenters. The zero-order chi connectivity index (χ0) is 15.6. The summed E-state index contributed by atoms with van der Waals surface area (Å²) < 4.78 is 44.6. The second-order valence-electron chi connectivity index (χ2n) is 4.95. The monoisotopic (exact) mass is 298 g/mol. The van der Waals surface area contributed by atoms with Gasteiger partial charge in [-0.1, -0.05) is 12.1 Å². The van der Waals surface area contributed by atoms with Gasteiger partial charge in [0.15, 0.2) is 0 Å². The molecule has 1 aromatic carbocycles. The van der Waals surface area contributed by atoms with E-state index in [4.69, 9.17) is 16.2 Å². The fourth-order valence-corrected chi connectivity index (χ4v) is 2.13. The van der Waals surface area contributed by atoms with Crippen LogP contribution in [0.25, 0.3) is 5.57 Å². The molecule has 1 saturated carbocycles. The smallest absolute Gasteiger partial charge is 0.417 e. The van der Waals surface area contributed by atoms with Crippen molar-refractivity contribution in [2.24, 2.45) is 17.4 Å². The molecule has 3 nitrogen and oxygen atoms in total. The van der Waals surface area contributed by atoms with Crippen molar-refractivity contribution in [3.05, 3.63) is 47.7 Å². The molecule has 0 radical (unpaired) electrons. The molecule has 2 atom stereocenters. The largest absolute Gasteiger partial charge is 0.497 e. The molecule has 1 aliphatic carbocycles. The maximum absolute atomic E-state index is 13.2. The minimum Gasteiger partial charge on any atom is -0.497 e.